The van der Waals surface area contributed by atoms with E-state index in [-0.39, 0.29) is 5.91 Å². The Balaban J connectivity index is 2.74. The summed E-state index contributed by atoms with van der Waals surface area (Å²) in [6, 6.07) is 5.54. The van der Waals surface area contributed by atoms with Crippen LogP contribution < -0.4 is 5.32 Å². The van der Waals surface area contributed by atoms with E-state index in [1.807, 2.05) is 19.1 Å². The highest BCUT2D eigenvalue weighted by Crippen LogP contribution is 2.09. The Kier molecular flexibility index (Phi) is 4.95. The summed E-state index contributed by atoms with van der Waals surface area (Å²) in [4.78, 5) is 17.5. The lowest BCUT2D eigenvalue weighted by Gasteiger charge is -2.15. The van der Waals surface area contributed by atoms with E-state index < -0.39 is 0 Å². The van der Waals surface area contributed by atoms with Gasteiger partial charge in [-0.25, -0.2) is 0 Å². The SMILES string of the molecule is CCNc1ccnc(C(=O)N(C)CCC#N)c1. The largest absolute Gasteiger partial charge is 0.385 e. The Labute approximate surface area is 101 Å². The van der Waals surface area contributed by atoms with Gasteiger partial charge in [0.05, 0.1) is 12.5 Å². The maximum Gasteiger partial charge on any atom is 0.272 e. The van der Waals surface area contributed by atoms with Gasteiger partial charge in [0.15, 0.2) is 0 Å². The second kappa shape index (κ2) is 6.48. The third kappa shape index (κ3) is 3.76. The molecule has 0 saturated heterocycles. The molecule has 0 bridgehead atoms. The molecule has 1 aromatic heterocycles. The van der Waals surface area contributed by atoms with E-state index in [2.05, 4.69) is 10.3 Å². The predicted octanol–water partition coefficient (Wildman–Crippen LogP) is 1.50. The van der Waals surface area contributed by atoms with Gasteiger partial charge in [0, 0.05) is 32.0 Å². The molecule has 1 aromatic rings. The normalized spacial score (nSPS) is 9.47. The maximum atomic E-state index is 11.9. The number of nitrogens with zero attached hydrogens (tertiary/aromatic N) is 3. The summed E-state index contributed by atoms with van der Waals surface area (Å²) in [7, 11) is 1.67. The molecule has 0 aliphatic rings. The molecule has 0 aromatic carbocycles. The van der Waals surface area contributed by atoms with Crippen molar-refractivity contribution >= 4 is 11.6 Å². The first kappa shape index (κ1) is 13.0. The summed E-state index contributed by atoms with van der Waals surface area (Å²) < 4.78 is 0. The van der Waals surface area contributed by atoms with Crippen molar-refractivity contribution < 1.29 is 4.79 Å². The number of aromatic nitrogens is 1. The van der Waals surface area contributed by atoms with Crippen LogP contribution in [-0.4, -0.2) is 35.9 Å². The minimum absolute atomic E-state index is 0.167. The molecule has 0 spiro atoms. The number of pyridine rings is 1. The molecule has 1 rings (SSSR count). The van der Waals surface area contributed by atoms with Crippen LogP contribution >= 0.6 is 0 Å². The highest BCUT2D eigenvalue weighted by molar-refractivity contribution is 5.92. The number of anilines is 1. The summed E-state index contributed by atoms with van der Waals surface area (Å²) >= 11 is 0. The van der Waals surface area contributed by atoms with Gasteiger partial charge in [0.1, 0.15) is 5.69 Å². The summed E-state index contributed by atoms with van der Waals surface area (Å²) in [6.45, 7) is 3.20. The molecular formula is C12H16N4O. The highest BCUT2D eigenvalue weighted by atomic mass is 16.2. The van der Waals surface area contributed by atoms with Crippen LogP contribution in [0.15, 0.2) is 18.3 Å². The molecule has 0 aliphatic heterocycles. The first-order chi connectivity index (χ1) is 8.19. The summed E-state index contributed by atoms with van der Waals surface area (Å²) in [5.74, 6) is -0.167. The second-order valence-corrected chi connectivity index (χ2v) is 3.59. The second-order valence-electron chi connectivity index (χ2n) is 3.59. The van der Waals surface area contributed by atoms with Crippen LogP contribution in [0.25, 0.3) is 0 Å². The molecule has 17 heavy (non-hydrogen) atoms. The van der Waals surface area contributed by atoms with Crippen LogP contribution in [0.5, 0.6) is 0 Å². The average molecular weight is 232 g/mol. The van der Waals surface area contributed by atoms with Crippen LogP contribution in [0, 0.1) is 11.3 Å². The number of nitrogens with one attached hydrogen (secondary N) is 1. The maximum absolute atomic E-state index is 11.9. The van der Waals surface area contributed by atoms with Crippen LogP contribution in [0.2, 0.25) is 0 Å². The molecule has 0 saturated carbocycles. The van der Waals surface area contributed by atoms with Crippen LogP contribution in [0.4, 0.5) is 5.69 Å². The summed E-state index contributed by atoms with van der Waals surface area (Å²) in [6.07, 6.45) is 1.93. The molecule has 1 N–H and O–H groups in total. The molecule has 0 atom stereocenters. The van der Waals surface area contributed by atoms with Crippen LogP contribution in [0.1, 0.15) is 23.8 Å². The Morgan fingerprint density at radius 2 is 2.41 bits per heavy atom. The van der Waals surface area contributed by atoms with Gasteiger partial charge in [-0.3, -0.25) is 9.78 Å². The number of nitriles is 1. The Hall–Kier alpha value is -2.09. The van der Waals surface area contributed by atoms with Crippen molar-refractivity contribution in [3.63, 3.8) is 0 Å². The van der Waals surface area contributed by atoms with Crippen molar-refractivity contribution in [1.29, 1.82) is 5.26 Å². The van der Waals surface area contributed by atoms with Crippen molar-refractivity contribution in [2.45, 2.75) is 13.3 Å². The molecule has 90 valence electrons. The van der Waals surface area contributed by atoms with Crippen molar-refractivity contribution in [2.24, 2.45) is 0 Å². The Morgan fingerprint density at radius 1 is 1.65 bits per heavy atom. The lowest BCUT2D eigenvalue weighted by Crippen LogP contribution is -2.28. The zero-order chi connectivity index (χ0) is 12.7. The fourth-order valence-corrected chi connectivity index (χ4v) is 1.38. The molecule has 5 heteroatoms. The van der Waals surface area contributed by atoms with E-state index in [1.54, 1.807) is 19.3 Å². The van der Waals surface area contributed by atoms with E-state index in [9.17, 15) is 4.79 Å². The Bertz CT molecular complexity index is 425. The molecule has 1 heterocycles. The van der Waals surface area contributed by atoms with E-state index in [4.69, 9.17) is 5.26 Å². The van der Waals surface area contributed by atoms with Gasteiger partial charge in [-0.2, -0.15) is 5.26 Å². The first-order valence-corrected chi connectivity index (χ1v) is 5.51. The van der Waals surface area contributed by atoms with Gasteiger partial charge in [-0.05, 0) is 19.1 Å². The van der Waals surface area contributed by atoms with E-state index in [0.717, 1.165) is 12.2 Å². The van der Waals surface area contributed by atoms with Gasteiger partial charge in [0.25, 0.3) is 5.91 Å². The predicted molar refractivity (Wildman–Crippen MR) is 65.6 cm³/mol. The highest BCUT2D eigenvalue weighted by Gasteiger charge is 2.12. The third-order valence-electron chi connectivity index (χ3n) is 2.27. The number of amides is 1. The van der Waals surface area contributed by atoms with Crippen molar-refractivity contribution in [3.8, 4) is 6.07 Å². The fraction of sp³-hybridized carbons (Fsp3) is 0.417. The van der Waals surface area contributed by atoms with Crippen molar-refractivity contribution in [2.75, 3.05) is 25.5 Å². The fourth-order valence-electron chi connectivity index (χ4n) is 1.38. The smallest absolute Gasteiger partial charge is 0.272 e. The summed E-state index contributed by atoms with van der Waals surface area (Å²) in [5, 5.41) is 11.6. The average Bonchev–Trinajstić information content (AvgIpc) is 2.35. The van der Waals surface area contributed by atoms with Gasteiger partial charge >= 0.3 is 0 Å². The topological polar surface area (TPSA) is 69.0 Å². The van der Waals surface area contributed by atoms with Crippen LogP contribution in [0.3, 0.4) is 0 Å². The van der Waals surface area contributed by atoms with Gasteiger partial charge in [0.2, 0.25) is 0 Å². The minimum atomic E-state index is -0.167. The van der Waals surface area contributed by atoms with E-state index in [0.29, 0.717) is 18.7 Å². The van der Waals surface area contributed by atoms with Crippen molar-refractivity contribution in [3.05, 3.63) is 24.0 Å². The molecule has 0 radical (unpaired) electrons. The number of carbonyl (C=O) groups is 1. The molecule has 0 aliphatic carbocycles. The monoisotopic (exact) mass is 232 g/mol. The van der Waals surface area contributed by atoms with Gasteiger partial charge in [-0.1, -0.05) is 0 Å². The third-order valence-corrected chi connectivity index (χ3v) is 2.27. The lowest BCUT2D eigenvalue weighted by atomic mass is 10.2. The number of hydrogen-bond acceptors (Lipinski definition) is 4. The standard InChI is InChI=1S/C12H16N4O/c1-3-14-10-5-7-15-11(9-10)12(17)16(2)8-4-6-13/h5,7,9H,3-4,8H2,1-2H3,(H,14,15). The first-order valence-electron chi connectivity index (χ1n) is 5.51. The lowest BCUT2D eigenvalue weighted by molar-refractivity contribution is 0.0792. The molecular weight excluding hydrogens is 216 g/mol. The number of rotatable bonds is 5. The molecule has 0 fully saturated rings. The minimum Gasteiger partial charge on any atom is -0.385 e. The van der Waals surface area contributed by atoms with Crippen LogP contribution in [-0.2, 0) is 0 Å². The Morgan fingerprint density at radius 3 is 3.06 bits per heavy atom. The van der Waals surface area contributed by atoms with Crippen molar-refractivity contribution in [1.82, 2.24) is 9.88 Å². The van der Waals surface area contributed by atoms with E-state index >= 15 is 0 Å². The number of carbonyl (C=O) groups excluding carboxylic acids is 1. The zero-order valence-corrected chi connectivity index (χ0v) is 10.1. The van der Waals surface area contributed by atoms with Gasteiger partial charge < -0.3 is 10.2 Å². The number of hydrogen-bond donors (Lipinski definition) is 1. The molecule has 1 amide bonds. The van der Waals surface area contributed by atoms with E-state index in [1.165, 1.54) is 4.90 Å². The quantitative estimate of drug-likeness (QED) is 0.835. The zero-order valence-electron chi connectivity index (χ0n) is 10.1. The van der Waals surface area contributed by atoms with Gasteiger partial charge in [-0.15, -0.1) is 0 Å². The summed E-state index contributed by atoms with van der Waals surface area (Å²) in [5.41, 5.74) is 1.27. The molecule has 5 nitrogen and oxygen atoms in total. The molecule has 0 unspecified atom stereocenters.